The maximum absolute atomic E-state index is 12.4. The SMILES string of the molecule is COc1cc(/C=C(\C#N)C(=O)Nc2ccc(C)cc2C)cc([N+](=O)[O-])c1O. The molecule has 2 rings (SSSR count). The number of ether oxygens (including phenoxy) is 1. The van der Waals surface area contributed by atoms with Crippen LogP contribution in [0.25, 0.3) is 6.08 Å². The number of nitro groups is 1. The molecular formula is C19H17N3O5. The number of nitrogens with one attached hydrogen (secondary N) is 1. The Labute approximate surface area is 155 Å². The highest BCUT2D eigenvalue weighted by Crippen LogP contribution is 2.37. The minimum Gasteiger partial charge on any atom is -0.500 e. The van der Waals surface area contributed by atoms with Gasteiger partial charge in [0, 0.05) is 11.8 Å². The van der Waals surface area contributed by atoms with Crippen molar-refractivity contribution < 1.29 is 19.6 Å². The van der Waals surface area contributed by atoms with Crippen molar-refractivity contribution in [3.05, 3.63) is 62.7 Å². The van der Waals surface area contributed by atoms with E-state index in [4.69, 9.17) is 4.74 Å². The van der Waals surface area contributed by atoms with Crippen LogP contribution >= 0.6 is 0 Å². The first kappa shape index (κ1) is 19.5. The normalized spacial score (nSPS) is 10.8. The second kappa shape index (κ2) is 8.01. The zero-order valence-electron chi connectivity index (χ0n) is 14.9. The molecule has 2 aromatic carbocycles. The Kier molecular flexibility index (Phi) is 5.78. The van der Waals surface area contributed by atoms with Gasteiger partial charge in [0.2, 0.25) is 5.75 Å². The maximum Gasteiger partial charge on any atom is 0.315 e. The molecule has 2 aromatic rings. The van der Waals surface area contributed by atoms with Gasteiger partial charge in [-0.25, -0.2) is 0 Å². The lowest BCUT2D eigenvalue weighted by Gasteiger charge is -2.09. The van der Waals surface area contributed by atoms with Crippen LogP contribution in [0.3, 0.4) is 0 Å². The van der Waals surface area contributed by atoms with Crippen molar-refractivity contribution >= 4 is 23.4 Å². The number of nitro benzene ring substituents is 1. The summed E-state index contributed by atoms with van der Waals surface area (Å²) in [6.45, 7) is 3.75. The molecule has 1 amide bonds. The number of carbonyl (C=O) groups excluding carboxylic acids is 1. The van der Waals surface area contributed by atoms with Crippen molar-refractivity contribution in [3.8, 4) is 17.6 Å². The summed E-state index contributed by atoms with van der Waals surface area (Å²) in [5, 5.41) is 32.8. The van der Waals surface area contributed by atoms with Crippen LogP contribution in [-0.2, 0) is 4.79 Å². The Bertz CT molecular complexity index is 990. The van der Waals surface area contributed by atoms with Crippen molar-refractivity contribution in [3.63, 3.8) is 0 Å². The van der Waals surface area contributed by atoms with Gasteiger partial charge >= 0.3 is 5.69 Å². The third-order valence-electron chi connectivity index (χ3n) is 3.80. The third-order valence-corrected chi connectivity index (χ3v) is 3.80. The number of hydrogen-bond donors (Lipinski definition) is 2. The smallest absolute Gasteiger partial charge is 0.315 e. The van der Waals surface area contributed by atoms with Crippen LogP contribution in [0.5, 0.6) is 11.5 Å². The zero-order valence-corrected chi connectivity index (χ0v) is 14.9. The van der Waals surface area contributed by atoms with E-state index in [0.717, 1.165) is 17.2 Å². The first-order chi connectivity index (χ1) is 12.8. The van der Waals surface area contributed by atoms with Crippen molar-refractivity contribution in [2.45, 2.75) is 13.8 Å². The van der Waals surface area contributed by atoms with Gasteiger partial charge in [-0.2, -0.15) is 5.26 Å². The summed E-state index contributed by atoms with van der Waals surface area (Å²) in [6, 6.07) is 9.57. The summed E-state index contributed by atoms with van der Waals surface area (Å²) in [5.41, 5.74) is 1.75. The van der Waals surface area contributed by atoms with Crippen LogP contribution in [0.2, 0.25) is 0 Å². The van der Waals surface area contributed by atoms with Gasteiger partial charge in [0.1, 0.15) is 11.6 Å². The van der Waals surface area contributed by atoms with E-state index >= 15 is 0 Å². The van der Waals surface area contributed by atoms with E-state index in [1.165, 1.54) is 19.3 Å². The van der Waals surface area contributed by atoms with Crippen LogP contribution in [0, 0.1) is 35.3 Å². The molecule has 0 heterocycles. The lowest BCUT2D eigenvalue weighted by atomic mass is 10.1. The number of aromatic hydroxyl groups is 1. The van der Waals surface area contributed by atoms with E-state index < -0.39 is 22.3 Å². The van der Waals surface area contributed by atoms with Crippen LogP contribution in [0.4, 0.5) is 11.4 Å². The fraction of sp³-hybridized carbons (Fsp3) is 0.158. The molecule has 8 heteroatoms. The number of amides is 1. The zero-order chi connectivity index (χ0) is 20.1. The minimum atomic E-state index is -0.781. The number of methoxy groups -OCH3 is 1. The second-order valence-electron chi connectivity index (χ2n) is 5.79. The standard InChI is InChI=1S/C19H17N3O5/c1-11-4-5-15(12(2)6-11)21-19(24)14(10-20)7-13-8-16(22(25)26)18(23)17(9-13)27-3/h4-9,23H,1-3H3,(H,21,24)/b14-7+. The number of benzene rings is 2. The third kappa shape index (κ3) is 4.41. The molecule has 0 aliphatic carbocycles. The highest BCUT2D eigenvalue weighted by atomic mass is 16.6. The first-order valence-electron chi connectivity index (χ1n) is 7.82. The van der Waals surface area contributed by atoms with Crippen molar-refractivity contribution in [2.75, 3.05) is 12.4 Å². The quantitative estimate of drug-likeness (QED) is 0.361. The fourth-order valence-electron chi connectivity index (χ4n) is 2.45. The van der Waals surface area contributed by atoms with E-state index in [-0.39, 0.29) is 16.9 Å². The summed E-state index contributed by atoms with van der Waals surface area (Å²) in [5.74, 6) is -1.42. The van der Waals surface area contributed by atoms with Gasteiger partial charge in [-0.1, -0.05) is 17.7 Å². The van der Waals surface area contributed by atoms with Crippen molar-refractivity contribution in [1.82, 2.24) is 0 Å². The predicted octanol–water partition coefficient (Wildman–Crippen LogP) is 3.47. The van der Waals surface area contributed by atoms with Crippen molar-refractivity contribution in [1.29, 1.82) is 5.26 Å². The number of carbonyl (C=O) groups is 1. The number of phenolic OH excluding ortho intramolecular Hbond substituents is 1. The number of nitrogens with zero attached hydrogens (tertiary/aromatic N) is 2. The van der Waals surface area contributed by atoms with Crippen LogP contribution in [-0.4, -0.2) is 23.0 Å². The number of rotatable bonds is 5. The van der Waals surface area contributed by atoms with Gasteiger partial charge in [-0.3, -0.25) is 14.9 Å². The number of phenols is 1. The van der Waals surface area contributed by atoms with Crippen molar-refractivity contribution in [2.24, 2.45) is 0 Å². The van der Waals surface area contributed by atoms with Gasteiger partial charge in [0.15, 0.2) is 5.75 Å². The molecule has 2 N–H and O–H groups in total. The molecule has 0 fully saturated rings. The highest BCUT2D eigenvalue weighted by molar-refractivity contribution is 6.10. The van der Waals surface area contributed by atoms with Crippen LogP contribution < -0.4 is 10.1 Å². The molecular weight excluding hydrogens is 350 g/mol. The molecule has 0 saturated heterocycles. The van der Waals surface area contributed by atoms with E-state index in [1.807, 2.05) is 26.0 Å². The van der Waals surface area contributed by atoms with E-state index in [1.54, 1.807) is 12.1 Å². The average molecular weight is 367 g/mol. The summed E-state index contributed by atoms with van der Waals surface area (Å²) in [6.07, 6.45) is 1.19. The Morgan fingerprint density at radius 3 is 2.59 bits per heavy atom. The second-order valence-corrected chi connectivity index (χ2v) is 5.79. The molecule has 0 atom stereocenters. The van der Waals surface area contributed by atoms with Gasteiger partial charge in [-0.05, 0) is 43.2 Å². The number of anilines is 1. The van der Waals surface area contributed by atoms with E-state index in [0.29, 0.717) is 5.69 Å². The Balaban J connectivity index is 2.40. The number of nitriles is 1. The molecule has 0 bridgehead atoms. The summed E-state index contributed by atoms with van der Waals surface area (Å²) < 4.78 is 4.91. The highest BCUT2D eigenvalue weighted by Gasteiger charge is 2.20. The lowest BCUT2D eigenvalue weighted by molar-refractivity contribution is -0.386. The van der Waals surface area contributed by atoms with Crippen LogP contribution in [0.15, 0.2) is 35.9 Å². The maximum atomic E-state index is 12.4. The number of aryl methyl sites for hydroxylation is 2. The van der Waals surface area contributed by atoms with Crippen LogP contribution in [0.1, 0.15) is 16.7 Å². The predicted molar refractivity (Wildman–Crippen MR) is 99.4 cm³/mol. The topological polar surface area (TPSA) is 125 Å². The molecule has 0 aliphatic rings. The Hall–Kier alpha value is -3.86. The molecule has 8 nitrogen and oxygen atoms in total. The first-order valence-corrected chi connectivity index (χ1v) is 7.82. The number of hydrogen-bond acceptors (Lipinski definition) is 6. The Morgan fingerprint density at radius 2 is 2.04 bits per heavy atom. The Morgan fingerprint density at radius 1 is 1.33 bits per heavy atom. The van der Waals surface area contributed by atoms with E-state index in [2.05, 4.69) is 5.32 Å². The minimum absolute atomic E-state index is 0.137. The fourth-order valence-corrected chi connectivity index (χ4v) is 2.45. The molecule has 0 aromatic heterocycles. The molecule has 27 heavy (non-hydrogen) atoms. The molecule has 0 unspecified atom stereocenters. The average Bonchev–Trinajstić information content (AvgIpc) is 2.62. The molecule has 0 spiro atoms. The van der Waals surface area contributed by atoms with Gasteiger partial charge < -0.3 is 15.2 Å². The molecule has 0 aliphatic heterocycles. The summed E-state index contributed by atoms with van der Waals surface area (Å²) >= 11 is 0. The molecule has 0 saturated carbocycles. The lowest BCUT2D eigenvalue weighted by Crippen LogP contribution is -2.14. The largest absolute Gasteiger partial charge is 0.500 e. The van der Waals surface area contributed by atoms with Gasteiger partial charge in [-0.15, -0.1) is 0 Å². The summed E-state index contributed by atoms with van der Waals surface area (Å²) in [4.78, 5) is 22.7. The summed E-state index contributed by atoms with van der Waals surface area (Å²) in [7, 11) is 1.24. The van der Waals surface area contributed by atoms with E-state index in [9.17, 15) is 25.3 Å². The van der Waals surface area contributed by atoms with Gasteiger partial charge in [0.05, 0.1) is 12.0 Å². The van der Waals surface area contributed by atoms with Gasteiger partial charge in [0.25, 0.3) is 5.91 Å². The molecule has 0 radical (unpaired) electrons. The monoisotopic (exact) mass is 367 g/mol. The molecule has 138 valence electrons.